The standard InChI is InChI=1S/C14H17BrN2O3.ClH/c1-17(2)7-12-9(5-14(18)19)8-4-13(20-3)10(15)6-11(8)16-12;/h4,6,16H,5,7H2,1-3H3,(H,18,19);1H. The van der Waals surface area contributed by atoms with E-state index < -0.39 is 5.97 Å². The van der Waals surface area contributed by atoms with Crippen molar-refractivity contribution >= 4 is 45.2 Å². The van der Waals surface area contributed by atoms with Gasteiger partial charge in [0.2, 0.25) is 0 Å². The van der Waals surface area contributed by atoms with E-state index in [-0.39, 0.29) is 18.8 Å². The van der Waals surface area contributed by atoms with Gasteiger partial charge in [-0.3, -0.25) is 4.79 Å². The Morgan fingerprint density at radius 1 is 1.43 bits per heavy atom. The number of halogens is 2. The van der Waals surface area contributed by atoms with E-state index in [4.69, 9.17) is 9.84 Å². The molecule has 2 N–H and O–H groups in total. The fourth-order valence-electron chi connectivity index (χ4n) is 2.27. The molecule has 116 valence electrons. The second-order valence-corrected chi connectivity index (χ2v) is 5.78. The molecule has 1 aromatic carbocycles. The third-order valence-electron chi connectivity index (χ3n) is 3.07. The molecule has 2 aromatic rings. The van der Waals surface area contributed by atoms with Gasteiger partial charge in [0, 0.05) is 23.1 Å². The number of rotatable bonds is 5. The van der Waals surface area contributed by atoms with Gasteiger partial charge in [0.15, 0.2) is 0 Å². The van der Waals surface area contributed by atoms with Crippen LogP contribution in [0.1, 0.15) is 11.3 Å². The molecule has 0 unspecified atom stereocenters. The Hall–Kier alpha value is -1.24. The lowest BCUT2D eigenvalue weighted by atomic mass is 10.1. The van der Waals surface area contributed by atoms with Crippen LogP contribution >= 0.6 is 28.3 Å². The minimum absolute atomic E-state index is 0. The summed E-state index contributed by atoms with van der Waals surface area (Å²) in [5.41, 5.74) is 2.64. The van der Waals surface area contributed by atoms with Crippen molar-refractivity contribution in [1.29, 1.82) is 0 Å². The van der Waals surface area contributed by atoms with Crippen LogP contribution in [0.5, 0.6) is 5.75 Å². The topological polar surface area (TPSA) is 65.6 Å². The first-order valence-electron chi connectivity index (χ1n) is 6.16. The van der Waals surface area contributed by atoms with Gasteiger partial charge in [-0.05, 0) is 47.7 Å². The minimum Gasteiger partial charge on any atom is -0.496 e. The number of carboxylic acids is 1. The number of benzene rings is 1. The molecule has 0 fully saturated rings. The van der Waals surface area contributed by atoms with Gasteiger partial charge in [0.05, 0.1) is 18.0 Å². The van der Waals surface area contributed by atoms with Crippen molar-refractivity contribution < 1.29 is 14.6 Å². The van der Waals surface area contributed by atoms with Gasteiger partial charge in [-0.15, -0.1) is 12.4 Å². The van der Waals surface area contributed by atoms with Gasteiger partial charge in [-0.1, -0.05) is 0 Å². The van der Waals surface area contributed by atoms with E-state index in [1.54, 1.807) is 7.11 Å². The second-order valence-electron chi connectivity index (χ2n) is 4.92. The number of nitrogens with one attached hydrogen (secondary N) is 1. The number of H-pyrrole nitrogens is 1. The van der Waals surface area contributed by atoms with Crippen molar-refractivity contribution in [3.8, 4) is 5.75 Å². The molecule has 0 saturated heterocycles. The number of aliphatic carboxylic acids is 1. The SMILES string of the molecule is COc1cc2c(CC(=O)O)c(CN(C)C)[nH]c2cc1Br.Cl. The highest BCUT2D eigenvalue weighted by molar-refractivity contribution is 9.10. The Morgan fingerprint density at radius 3 is 2.62 bits per heavy atom. The maximum atomic E-state index is 11.1. The van der Waals surface area contributed by atoms with Crippen molar-refractivity contribution in [1.82, 2.24) is 9.88 Å². The molecule has 0 spiro atoms. The quantitative estimate of drug-likeness (QED) is 0.840. The number of methoxy groups -OCH3 is 1. The summed E-state index contributed by atoms with van der Waals surface area (Å²) in [5, 5.41) is 10.0. The van der Waals surface area contributed by atoms with E-state index in [1.807, 2.05) is 31.1 Å². The Kier molecular flexibility index (Phi) is 6.07. The summed E-state index contributed by atoms with van der Waals surface area (Å²) in [5.74, 6) is -0.146. The van der Waals surface area contributed by atoms with Crippen LogP contribution in [0.25, 0.3) is 10.9 Å². The molecule has 0 atom stereocenters. The monoisotopic (exact) mass is 376 g/mol. The Labute approximate surface area is 137 Å². The highest BCUT2D eigenvalue weighted by Crippen LogP contribution is 2.33. The van der Waals surface area contributed by atoms with Gasteiger partial charge in [-0.2, -0.15) is 0 Å². The van der Waals surface area contributed by atoms with Crippen LogP contribution in [0.4, 0.5) is 0 Å². The Morgan fingerprint density at radius 2 is 2.10 bits per heavy atom. The summed E-state index contributed by atoms with van der Waals surface area (Å²) in [6, 6.07) is 3.78. The number of nitrogens with zero attached hydrogens (tertiary/aromatic N) is 1. The predicted octanol–water partition coefficient (Wildman–Crippen LogP) is 3.05. The summed E-state index contributed by atoms with van der Waals surface area (Å²) in [7, 11) is 5.50. The smallest absolute Gasteiger partial charge is 0.307 e. The Bertz CT molecular complexity index is 655. The molecular formula is C14H18BrClN2O3. The molecule has 0 saturated carbocycles. The fraction of sp³-hybridized carbons (Fsp3) is 0.357. The molecule has 1 aromatic heterocycles. The van der Waals surface area contributed by atoms with Crippen LogP contribution in [0.3, 0.4) is 0 Å². The number of hydrogen-bond donors (Lipinski definition) is 2. The highest BCUT2D eigenvalue weighted by atomic mass is 79.9. The first kappa shape index (κ1) is 17.8. The third kappa shape index (κ3) is 3.90. The van der Waals surface area contributed by atoms with Gasteiger partial charge in [0.25, 0.3) is 0 Å². The van der Waals surface area contributed by atoms with Gasteiger partial charge < -0.3 is 19.7 Å². The molecular weight excluding hydrogens is 360 g/mol. The number of carbonyl (C=O) groups is 1. The average molecular weight is 378 g/mol. The molecule has 5 nitrogen and oxygen atoms in total. The third-order valence-corrected chi connectivity index (χ3v) is 3.69. The van der Waals surface area contributed by atoms with Gasteiger partial charge in [-0.25, -0.2) is 0 Å². The Balaban J connectivity index is 0.00000220. The molecule has 0 amide bonds. The number of aromatic amines is 1. The lowest BCUT2D eigenvalue weighted by Gasteiger charge is -2.09. The summed E-state index contributed by atoms with van der Waals surface area (Å²) in [6.45, 7) is 0.664. The molecule has 7 heteroatoms. The van der Waals surface area contributed by atoms with Crippen LogP contribution in [0.2, 0.25) is 0 Å². The predicted molar refractivity (Wildman–Crippen MR) is 88.5 cm³/mol. The van der Waals surface area contributed by atoms with Crippen molar-refractivity contribution in [2.24, 2.45) is 0 Å². The van der Waals surface area contributed by atoms with Gasteiger partial charge >= 0.3 is 5.97 Å². The molecule has 0 aliphatic heterocycles. The maximum absolute atomic E-state index is 11.1. The molecule has 2 rings (SSSR count). The van der Waals surface area contributed by atoms with Crippen LogP contribution in [0.15, 0.2) is 16.6 Å². The first-order chi connectivity index (χ1) is 9.42. The highest BCUT2D eigenvalue weighted by Gasteiger charge is 2.17. The number of aromatic nitrogens is 1. The van der Waals surface area contributed by atoms with Crippen molar-refractivity contribution in [2.75, 3.05) is 21.2 Å². The maximum Gasteiger partial charge on any atom is 0.307 e. The summed E-state index contributed by atoms with van der Waals surface area (Å²) < 4.78 is 6.12. The van der Waals surface area contributed by atoms with E-state index in [0.29, 0.717) is 12.3 Å². The lowest BCUT2D eigenvalue weighted by Crippen LogP contribution is -2.13. The number of ether oxygens (including phenoxy) is 1. The summed E-state index contributed by atoms with van der Waals surface area (Å²) in [4.78, 5) is 16.4. The molecule has 21 heavy (non-hydrogen) atoms. The van der Waals surface area contributed by atoms with Crippen molar-refractivity contribution in [3.63, 3.8) is 0 Å². The van der Waals surface area contributed by atoms with Gasteiger partial charge in [0.1, 0.15) is 5.75 Å². The van der Waals surface area contributed by atoms with Crippen molar-refractivity contribution in [2.45, 2.75) is 13.0 Å². The van der Waals surface area contributed by atoms with Crippen molar-refractivity contribution in [3.05, 3.63) is 27.9 Å². The van der Waals surface area contributed by atoms with Crippen LogP contribution in [-0.4, -0.2) is 42.2 Å². The second kappa shape index (κ2) is 7.15. The average Bonchev–Trinajstić information content (AvgIpc) is 2.64. The zero-order valence-electron chi connectivity index (χ0n) is 12.1. The molecule has 0 bridgehead atoms. The summed E-state index contributed by atoms with van der Waals surface area (Å²) in [6.07, 6.45) is -0.00599. The number of fused-ring (bicyclic) bond motifs is 1. The largest absolute Gasteiger partial charge is 0.496 e. The molecule has 1 heterocycles. The van der Waals surface area contributed by atoms with E-state index in [2.05, 4.69) is 20.9 Å². The van der Waals surface area contributed by atoms with E-state index in [0.717, 1.165) is 26.6 Å². The zero-order valence-corrected chi connectivity index (χ0v) is 14.5. The molecule has 0 aliphatic rings. The van der Waals surface area contributed by atoms with Crippen LogP contribution in [0, 0.1) is 0 Å². The number of carboxylic acid groups (broad SMARTS) is 1. The number of hydrogen-bond acceptors (Lipinski definition) is 3. The lowest BCUT2D eigenvalue weighted by molar-refractivity contribution is -0.136. The van der Waals surface area contributed by atoms with E-state index in [9.17, 15) is 4.79 Å². The normalized spacial score (nSPS) is 10.7. The molecule has 0 radical (unpaired) electrons. The zero-order chi connectivity index (χ0) is 14.9. The van der Waals surface area contributed by atoms with Crippen LogP contribution in [-0.2, 0) is 17.8 Å². The summed E-state index contributed by atoms with van der Waals surface area (Å²) >= 11 is 3.44. The fourth-order valence-corrected chi connectivity index (χ4v) is 2.77. The molecule has 0 aliphatic carbocycles. The van der Waals surface area contributed by atoms with E-state index in [1.165, 1.54) is 0 Å². The first-order valence-corrected chi connectivity index (χ1v) is 6.95. The minimum atomic E-state index is -0.840. The van der Waals surface area contributed by atoms with Crippen LogP contribution < -0.4 is 4.74 Å². The van der Waals surface area contributed by atoms with E-state index >= 15 is 0 Å².